The van der Waals surface area contributed by atoms with Crippen molar-refractivity contribution in [1.29, 1.82) is 0 Å². The molecule has 1 aromatic heterocycles. The molecule has 124 valence electrons. The van der Waals surface area contributed by atoms with Crippen molar-refractivity contribution in [2.45, 2.75) is 64.2 Å². The molecule has 0 saturated carbocycles. The van der Waals surface area contributed by atoms with E-state index in [1.165, 1.54) is 0 Å². The van der Waals surface area contributed by atoms with Crippen LogP contribution in [0.15, 0.2) is 34.7 Å². The van der Waals surface area contributed by atoms with E-state index in [0.29, 0.717) is 24.4 Å². The Labute approximate surface area is 137 Å². The van der Waals surface area contributed by atoms with Crippen LogP contribution in [0.1, 0.15) is 46.4 Å². The van der Waals surface area contributed by atoms with Crippen LogP contribution >= 0.6 is 0 Å². The number of rotatable bonds is 4. The molecule has 23 heavy (non-hydrogen) atoms. The van der Waals surface area contributed by atoms with E-state index in [4.69, 9.17) is 4.42 Å². The van der Waals surface area contributed by atoms with Crippen LogP contribution in [0, 0.1) is 0 Å². The van der Waals surface area contributed by atoms with Crippen molar-refractivity contribution < 1.29 is 4.42 Å². The highest BCUT2D eigenvalue weighted by atomic mass is 16.4. The van der Waals surface area contributed by atoms with Crippen LogP contribution in [0.5, 0.6) is 0 Å². The van der Waals surface area contributed by atoms with Crippen molar-refractivity contribution in [2.75, 3.05) is 0 Å². The molecule has 0 unspecified atom stereocenters. The minimum absolute atomic E-state index is 0.128. The zero-order valence-electron chi connectivity index (χ0n) is 14.4. The zero-order valence-corrected chi connectivity index (χ0v) is 14.4. The fourth-order valence-corrected chi connectivity index (χ4v) is 3.72. The highest BCUT2D eigenvalue weighted by molar-refractivity contribution is 5.51. The Kier molecular flexibility index (Phi) is 4.25. The van der Waals surface area contributed by atoms with E-state index in [2.05, 4.69) is 48.5 Å². The molecule has 0 amide bonds. The Morgan fingerprint density at radius 1 is 1.09 bits per heavy atom. The van der Waals surface area contributed by atoms with Gasteiger partial charge < -0.3 is 15.1 Å². The summed E-state index contributed by atoms with van der Waals surface area (Å²) in [6, 6.07) is 10.3. The van der Waals surface area contributed by atoms with Gasteiger partial charge in [0, 0.05) is 22.7 Å². The SMILES string of the molecule is CC1(C)CC(NCc2nnc(-c3ccccc3)o2)CC(C)(C)N1. The Morgan fingerprint density at radius 3 is 2.39 bits per heavy atom. The average Bonchev–Trinajstić information content (AvgIpc) is 2.92. The summed E-state index contributed by atoms with van der Waals surface area (Å²) in [5, 5.41) is 15.6. The lowest BCUT2D eigenvalue weighted by Crippen LogP contribution is -2.61. The maximum atomic E-state index is 5.76. The van der Waals surface area contributed by atoms with Gasteiger partial charge in [-0.15, -0.1) is 10.2 Å². The first-order valence-corrected chi connectivity index (χ1v) is 8.24. The monoisotopic (exact) mass is 314 g/mol. The van der Waals surface area contributed by atoms with Gasteiger partial charge in [-0.2, -0.15) is 0 Å². The summed E-state index contributed by atoms with van der Waals surface area (Å²) in [6.07, 6.45) is 2.16. The smallest absolute Gasteiger partial charge is 0.247 e. The van der Waals surface area contributed by atoms with Crippen LogP contribution in [0.4, 0.5) is 0 Å². The zero-order chi connectivity index (χ0) is 16.5. The van der Waals surface area contributed by atoms with Gasteiger partial charge in [-0.1, -0.05) is 18.2 Å². The molecule has 3 rings (SSSR count). The Hall–Kier alpha value is -1.72. The van der Waals surface area contributed by atoms with E-state index in [9.17, 15) is 0 Å². The molecule has 1 aliphatic rings. The first-order valence-electron chi connectivity index (χ1n) is 8.24. The van der Waals surface area contributed by atoms with E-state index in [0.717, 1.165) is 18.4 Å². The molecule has 2 N–H and O–H groups in total. The van der Waals surface area contributed by atoms with Crippen molar-refractivity contribution in [1.82, 2.24) is 20.8 Å². The van der Waals surface area contributed by atoms with E-state index in [-0.39, 0.29) is 11.1 Å². The fourth-order valence-electron chi connectivity index (χ4n) is 3.72. The van der Waals surface area contributed by atoms with Crippen molar-refractivity contribution in [3.05, 3.63) is 36.2 Å². The molecular formula is C18H26N4O. The first-order chi connectivity index (χ1) is 10.8. The Morgan fingerprint density at radius 2 is 1.74 bits per heavy atom. The number of hydrogen-bond acceptors (Lipinski definition) is 5. The molecule has 1 aromatic carbocycles. The van der Waals surface area contributed by atoms with Gasteiger partial charge in [0.05, 0.1) is 6.54 Å². The largest absolute Gasteiger partial charge is 0.419 e. The first kappa shape index (κ1) is 16.1. The van der Waals surface area contributed by atoms with Crippen molar-refractivity contribution in [3.63, 3.8) is 0 Å². The summed E-state index contributed by atoms with van der Waals surface area (Å²) in [5.74, 6) is 1.21. The number of aromatic nitrogens is 2. The summed E-state index contributed by atoms with van der Waals surface area (Å²) < 4.78 is 5.76. The molecule has 1 aliphatic heterocycles. The van der Waals surface area contributed by atoms with E-state index in [1.54, 1.807) is 0 Å². The van der Waals surface area contributed by atoms with Crippen molar-refractivity contribution in [2.24, 2.45) is 0 Å². The second-order valence-corrected chi connectivity index (χ2v) is 7.75. The Balaban J connectivity index is 1.62. The van der Waals surface area contributed by atoms with E-state index in [1.807, 2.05) is 30.3 Å². The number of benzene rings is 1. The van der Waals surface area contributed by atoms with Crippen LogP contribution in [-0.4, -0.2) is 27.3 Å². The van der Waals surface area contributed by atoms with Gasteiger partial charge in [-0.05, 0) is 52.7 Å². The minimum atomic E-state index is 0.128. The van der Waals surface area contributed by atoms with E-state index < -0.39 is 0 Å². The molecule has 1 saturated heterocycles. The quantitative estimate of drug-likeness (QED) is 0.908. The number of nitrogens with zero attached hydrogens (tertiary/aromatic N) is 2. The molecule has 2 heterocycles. The summed E-state index contributed by atoms with van der Waals surface area (Å²) in [5.41, 5.74) is 1.21. The second-order valence-electron chi connectivity index (χ2n) is 7.75. The molecule has 0 radical (unpaired) electrons. The molecule has 2 aromatic rings. The van der Waals surface area contributed by atoms with Crippen LogP contribution < -0.4 is 10.6 Å². The topological polar surface area (TPSA) is 63.0 Å². The highest BCUT2D eigenvalue weighted by Gasteiger charge is 2.37. The van der Waals surface area contributed by atoms with Gasteiger partial charge in [0.2, 0.25) is 11.8 Å². The lowest BCUT2D eigenvalue weighted by atomic mass is 9.79. The number of nitrogens with one attached hydrogen (secondary N) is 2. The molecule has 0 atom stereocenters. The van der Waals surface area contributed by atoms with Gasteiger partial charge >= 0.3 is 0 Å². The predicted octanol–water partition coefficient (Wildman–Crippen LogP) is 3.14. The molecule has 0 spiro atoms. The summed E-state index contributed by atoms with van der Waals surface area (Å²) in [6.45, 7) is 9.62. The molecular weight excluding hydrogens is 288 g/mol. The van der Waals surface area contributed by atoms with Crippen molar-refractivity contribution in [3.8, 4) is 11.5 Å². The molecule has 5 heteroatoms. The lowest BCUT2D eigenvalue weighted by Gasteiger charge is -2.46. The Bertz CT molecular complexity index is 632. The van der Waals surface area contributed by atoms with Gasteiger partial charge in [0.1, 0.15) is 0 Å². The van der Waals surface area contributed by atoms with Crippen LogP contribution in [0.2, 0.25) is 0 Å². The molecule has 0 aliphatic carbocycles. The fraction of sp³-hybridized carbons (Fsp3) is 0.556. The third-order valence-electron chi connectivity index (χ3n) is 4.22. The standard InChI is InChI=1S/C18H26N4O/c1-17(2)10-14(11-18(3,4)22-17)19-12-15-20-21-16(23-15)13-8-6-5-7-9-13/h5-9,14,19,22H,10-12H2,1-4H3. The summed E-state index contributed by atoms with van der Waals surface area (Å²) >= 11 is 0. The third kappa shape index (κ3) is 4.18. The normalized spacial score (nSPS) is 20.5. The minimum Gasteiger partial charge on any atom is -0.419 e. The average molecular weight is 314 g/mol. The summed E-state index contributed by atoms with van der Waals surface area (Å²) in [4.78, 5) is 0. The molecule has 1 fully saturated rings. The predicted molar refractivity (Wildman–Crippen MR) is 90.9 cm³/mol. The van der Waals surface area contributed by atoms with Crippen LogP contribution in [0.3, 0.4) is 0 Å². The lowest BCUT2D eigenvalue weighted by molar-refractivity contribution is 0.144. The van der Waals surface area contributed by atoms with Gasteiger partial charge in [0.25, 0.3) is 0 Å². The number of hydrogen-bond donors (Lipinski definition) is 2. The molecule has 0 bridgehead atoms. The third-order valence-corrected chi connectivity index (χ3v) is 4.22. The van der Waals surface area contributed by atoms with Crippen molar-refractivity contribution >= 4 is 0 Å². The van der Waals surface area contributed by atoms with Crippen LogP contribution in [0.25, 0.3) is 11.5 Å². The molecule has 5 nitrogen and oxygen atoms in total. The maximum Gasteiger partial charge on any atom is 0.247 e. The summed E-state index contributed by atoms with van der Waals surface area (Å²) in [7, 11) is 0. The second kappa shape index (κ2) is 6.06. The van der Waals surface area contributed by atoms with Gasteiger partial charge in [-0.3, -0.25) is 0 Å². The van der Waals surface area contributed by atoms with Gasteiger partial charge in [0.15, 0.2) is 0 Å². The number of piperidine rings is 1. The van der Waals surface area contributed by atoms with Gasteiger partial charge in [-0.25, -0.2) is 0 Å². The van der Waals surface area contributed by atoms with Crippen LogP contribution in [-0.2, 0) is 6.54 Å². The van der Waals surface area contributed by atoms with E-state index >= 15 is 0 Å². The highest BCUT2D eigenvalue weighted by Crippen LogP contribution is 2.28. The maximum absolute atomic E-state index is 5.76.